The van der Waals surface area contributed by atoms with E-state index in [4.69, 9.17) is 4.74 Å². The number of carbonyl (C=O) groups excluding carboxylic acids is 2. The summed E-state index contributed by atoms with van der Waals surface area (Å²) in [6.07, 6.45) is 3.56. The molecule has 6 nitrogen and oxygen atoms in total. The maximum absolute atomic E-state index is 12.7. The summed E-state index contributed by atoms with van der Waals surface area (Å²) in [5, 5.41) is 3.72. The van der Waals surface area contributed by atoms with E-state index >= 15 is 0 Å². The number of nitrogens with one attached hydrogen (secondary N) is 1. The molecule has 2 amide bonds. The molecule has 0 aliphatic carbocycles. The monoisotopic (exact) mass is 387 g/mol. The molecule has 27 heavy (non-hydrogen) atoms. The van der Waals surface area contributed by atoms with E-state index in [2.05, 4.69) is 10.3 Å². The van der Waals surface area contributed by atoms with Gasteiger partial charge in [0.15, 0.2) is 0 Å². The Hall–Kier alpha value is -2.25. The Morgan fingerprint density at radius 3 is 2.81 bits per heavy atom. The van der Waals surface area contributed by atoms with Crippen molar-refractivity contribution in [2.24, 2.45) is 0 Å². The van der Waals surface area contributed by atoms with Crippen LogP contribution in [0.15, 0.2) is 24.4 Å². The molecule has 1 saturated heterocycles. The van der Waals surface area contributed by atoms with Gasteiger partial charge in [-0.05, 0) is 51.3 Å². The predicted molar refractivity (Wildman–Crippen MR) is 106 cm³/mol. The largest absolute Gasteiger partial charge is 0.371 e. The van der Waals surface area contributed by atoms with Crippen molar-refractivity contribution in [3.63, 3.8) is 0 Å². The molecule has 1 N–H and O–H groups in total. The summed E-state index contributed by atoms with van der Waals surface area (Å²) in [4.78, 5) is 31.8. The lowest BCUT2D eigenvalue weighted by molar-refractivity contribution is 0.0754. The first-order valence-corrected chi connectivity index (χ1v) is 9.95. The molecule has 1 atom stereocenters. The molecular formula is C20H25N3O3S. The van der Waals surface area contributed by atoms with E-state index in [1.54, 1.807) is 30.3 Å². The molecule has 1 unspecified atom stereocenters. The molecule has 1 fully saturated rings. The van der Waals surface area contributed by atoms with Crippen LogP contribution in [0.4, 0.5) is 5.69 Å². The van der Waals surface area contributed by atoms with Crippen LogP contribution in [0.5, 0.6) is 0 Å². The van der Waals surface area contributed by atoms with Crippen LogP contribution in [0.25, 0.3) is 0 Å². The standard InChI is InChI=1S/C20H25N3O3S/c1-12(2)23(4)20(25)15-10-14(8-7-13(15)3)22-18(24)17-11-21-19(27-17)16-6-5-9-26-16/h7-8,10-12,16H,5-6,9H2,1-4H3,(H,22,24). The Kier molecular flexibility index (Phi) is 5.92. The van der Waals surface area contributed by atoms with Crippen LogP contribution in [0, 0.1) is 6.92 Å². The second kappa shape index (κ2) is 8.19. The molecule has 1 aromatic heterocycles. The minimum absolute atomic E-state index is 0.00622. The Morgan fingerprint density at radius 1 is 1.37 bits per heavy atom. The first-order valence-electron chi connectivity index (χ1n) is 9.13. The summed E-state index contributed by atoms with van der Waals surface area (Å²) in [7, 11) is 1.78. The van der Waals surface area contributed by atoms with E-state index in [1.807, 2.05) is 26.8 Å². The van der Waals surface area contributed by atoms with Crippen molar-refractivity contribution < 1.29 is 14.3 Å². The molecule has 1 aliphatic heterocycles. The summed E-state index contributed by atoms with van der Waals surface area (Å²) in [5.41, 5.74) is 2.07. The second-order valence-electron chi connectivity index (χ2n) is 7.06. The highest BCUT2D eigenvalue weighted by Crippen LogP contribution is 2.31. The molecule has 0 radical (unpaired) electrons. The van der Waals surface area contributed by atoms with Gasteiger partial charge in [-0.1, -0.05) is 6.07 Å². The van der Waals surface area contributed by atoms with E-state index < -0.39 is 0 Å². The Morgan fingerprint density at radius 2 is 2.15 bits per heavy atom. The number of benzene rings is 1. The van der Waals surface area contributed by atoms with Gasteiger partial charge < -0.3 is 15.0 Å². The summed E-state index contributed by atoms with van der Waals surface area (Å²) in [5.74, 6) is -0.284. The number of hydrogen-bond donors (Lipinski definition) is 1. The Bertz CT molecular complexity index is 841. The van der Waals surface area contributed by atoms with Gasteiger partial charge in [-0.25, -0.2) is 4.98 Å². The topological polar surface area (TPSA) is 71.5 Å². The summed E-state index contributed by atoms with van der Waals surface area (Å²) < 4.78 is 5.62. The average molecular weight is 388 g/mol. The molecule has 2 heterocycles. The van der Waals surface area contributed by atoms with Crippen molar-refractivity contribution in [2.45, 2.75) is 45.8 Å². The van der Waals surface area contributed by atoms with Crippen molar-refractivity contribution in [1.29, 1.82) is 0 Å². The summed E-state index contributed by atoms with van der Waals surface area (Å²) in [6, 6.07) is 5.49. The third-order valence-electron chi connectivity index (χ3n) is 4.77. The van der Waals surface area contributed by atoms with Crippen LogP contribution in [0.2, 0.25) is 0 Å². The van der Waals surface area contributed by atoms with Crippen LogP contribution in [-0.2, 0) is 4.74 Å². The highest BCUT2D eigenvalue weighted by atomic mass is 32.1. The lowest BCUT2D eigenvalue weighted by atomic mass is 10.1. The minimum Gasteiger partial charge on any atom is -0.371 e. The average Bonchev–Trinajstić information content (AvgIpc) is 3.33. The van der Waals surface area contributed by atoms with Gasteiger partial charge >= 0.3 is 0 Å². The van der Waals surface area contributed by atoms with Crippen LogP contribution in [-0.4, -0.2) is 41.4 Å². The number of amides is 2. The van der Waals surface area contributed by atoms with Crippen molar-refractivity contribution >= 4 is 28.8 Å². The molecule has 7 heteroatoms. The Labute approximate surface area is 163 Å². The van der Waals surface area contributed by atoms with Gasteiger partial charge in [0.2, 0.25) is 0 Å². The van der Waals surface area contributed by atoms with Crippen LogP contribution in [0.3, 0.4) is 0 Å². The quantitative estimate of drug-likeness (QED) is 0.841. The van der Waals surface area contributed by atoms with E-state index in [1.165, 1.54) is 11.3 Å². The zero-order chi connectivity index (χ0) is 19.6. The first-order chi connectivity index (χ1) is 12.9. The van der Waals surface area contributed by atoms with Gasteiger partial charge in [-0.2, -0.15) is 0 Å². The number of nitrogens with zero attached hydrogens (tertiary/aromatic N) is 2. The maximum atomic E-state index is 12.7. The SMILES string of the molecule is Cc1ccc(NC(=O)c2cnc(C3CCCO3)s2)cc1C(=O)N(C)C(C)C. The number of hydrogen-bond acceptors (Lipinski definition) is 5. The molecule has 0 spiro atoms. The zero-order valence-electron chi connectivity index (χ0n) is 16.1. The van der Waals surface area contributed by atoms with E-state index in [-0.39, 0.29) is 24.0 Å². The van der Waals surface area contributed by atoms with Gasteiger partial charge in [0, 0.05) is 30.9 Å². The van der Waals surface area contributed by atoms with Crippen LogP contribution < -0.4 is 5.32 Å². The molecule has 0 bridgehead atoms. The number of anilines is 1. The van der Waals surface area contributed by atoms with Gasteiger partial charge in [0.05, 0.1) is 6.20 Å². The fourth-order valence-corrected chi connectivity index (χ4v) is 3.76. The van der Waals surface area contributed by atoms with Gasteiger partial charge in [0.25, 0.3) is 11.8 Å². The summed E-state index contributed by atoms with van der Waals surface area (Å²) in [6.45, 7) is 6.57. The van der Waals surface area contributed by atoms with Gasteiger partial charge in [0.1, 0.15) is 16.0 Å². The second-order valence-corrected chi connectivity index (χ2v) is 8.12. The molecule has 144 valence electrons. The molecule has 3 rings (SSSR count). The molecule has 1 aliphatic rings. The number of rotatable bonds is 5. The van der Waals surface area contributed by atoms with Gasteiger partial charge in [-0.3, -0.25) is 9.59 Å². The third-order valence-corrected chi connectivity index (χ3v) is 5.86. The van der Waals surface area contributed by atoms with Crippen LogP contribution in [0.1, 0.15) is 63.4 Å². The summed E-state index contributed by atoms with van der Waals surface area (Å²) >= 11 is 1.36. The van der Waals surface area contributed by atoms with Crippen molar-refractivity contribution in [3.8, 4) is 0 Å². The van der Waals surface area contributed by atoms with Gasteiger partial charge in [-0.15, -0.1) is 11.3 Å². The van der Waals surface area contributed by atoms with E-state index in [9.17, 15) is 9.59 Å². The lowest BCUT2D eigenvalue weighted by Crippen LogP contribution is -2.33. The predicted octanol–water partition coefficient (Wildman–Crippen LogP) is 4.04. The van der Waals surface area contributed by atoms with Crippen molar-refractivity contribution in [3.05, 3.63) is 45.4 Å². The first kappa shape index (κ1) is 19.5. The number of aromatic nitrogens is 1. The fourth-order valence-electron chi connectivity index (χ4n) is 2.86. The van der Waals surface area contributed by atoms with Crippen molar-refractivity contribution in [1.82, 2.24) is 9.88 Å². The number of carbonyl (C=O) groups is 2. The van der Waals surface area contributed by atoms with Crippen molar-refractivity contribution in [2.75, 3.05) is 19.0 Å². The number of thiazole rings is 1. The number of ether oxygens (including phenoxy) is 1. The highest BCUT2D eigenvalue weighted by Gasteiger charge is 2.23. The molecule has 0 saturated carbocycles. The normalized spacial score (nSPS) is 16.6. The van der Waals surface area contributed by atoms with E-state index in [0.717, 1.165) is 30.0 Å². The minimum atomic E-state index is -0.226. The van der Waals surface area contributed by atoms with Crippen LogP contribution >= 0.6 is 11.3 Å². The smallest absolute Gasteiger partial charge is 0.267 e. The lowest BCUT2D eigenvalue weighted by Gasteiger charge is -2.22. The maximum Gasteiger partial charge on any atom is 0.267 e. The fraction of sp³-hybridized carbons (Fsp3) is 0.450. The molecular weight excluding hydrogens is 362 g/mol. The number of aryl methyl sites for hydroxylation is 1. The molecule has 2 aromatic rings. The molecule has 1 aromatic carbocycles. The zero-order valence-corrected chi connectivity index (χ0v) is 16.9. The highest BCUT2D eigenvalue weighted by molar-refractivity contribution is 7.13. The third kappa shape index (κ3) is 4.36. The van der Waals surface area contributed by atoms with E-state index in [0.29, 0.717) is 16.1 Å². The Balaban J connectivity index is 1.74.